The van der Waals surface area contributed by atoms with Crippen LogP contribution in [-0.2, 0) is 9.53 Å². The number of hydrogen-bond acceptors (Lipinski definition) is 3. The van der Waals surface area contributed by atoms with E-state index in [1.807, 2.05) is 4.90 Å². The van der Waals surface area contributed by atoms with E-state index in [0.29, 0.717) is 23.9 Å². The average molecular weight is 280 g/mol. The molecule has 3 fully saturated rings. The molecule has 0 aromatic rings. The summed E-state index contributed by atoms with van der Waals surface area (Å²) in [5, 5.41) is 3.65. The fourth-order valence-corrected chi connectivity index (χ4v) is 4.30. The SMILES string of the molecule is COC1(C)CCCN(C(=O)CC2CC3CCC(C2)N3)C1. The number of hydrogen-bond donors (Lipinski definition) is 1. The molecule has 0 aromatic carbocycles. The topological polar surface area (TPSA) is 41.6 Å². The highest BCUT2D eigenvalue weighted by atomic mass is 16.5. The van der Waals surface area contributed by atoms with Crippen LogP contribution in [0.3, 0.4) is 0 Å². The lowest BCUT2D eigenvalue weighted by atomic mass is 9.88. The Hall–Kier alpha value is -0.610. The molecule has 0 radical (unpaired) electrons. The molecule has 1 amide bonds. The van der Waals surface area contributed by atoms with Crippen LogP contribution in [0.4, 0.5) is 0 Å². The molecule has 3 unspecified atom stereocenters. The predicted molar refractivity (Wildman–Crippen MR) is 78.5 cm³/mol. The Kier molecular flexibility index (Phi) is 4.04. The van der Waals surface area contributed by atoms with Gasteiger partial charge in [0.2, 0.25) is 5.91 Å². The minimum Gasteiger partial charge on any atom is -0.377 e. The first-order valence-corrected chi connectivity index (χ1v) is 8.17. The second kappa shape index (κ2) is 5.64. The standard InChI is InChI=1S/C16H28N2O2/c1-16(20-2)6-3-7-18(11-16)15(19)10-12-8-13-4-5-14(9-12)17-13/h12-14,17H,3-11H2,1-2H3. The zero-order valence-corrected chi connectivity index (χ0v) is 12.9. The van der Waals surface area contributed by atoms with E-state index in [1.54, 1.807) is 7.11 Å². The van der Waals surface area contributed by atoms with Crippen LogP contribution in [0.15, 0.2) is 0 Å². The van der Waals surface area contributed by atoms with E-state index in [2.05, 4.69) is 12.2 Å². The molecule has 4 nitrogen and oxygen atoms in total. The van der Waals surface area contributed by atoms with Gasteiger partial charge in [0.15, 0.2) is 0 Å². The van der Waals surface area contributed by atoms with Crippen LogP contribution in [0, 0.1) is 5.92 Å². The van der Waals surface area contributed by atoms with E-state index in [4.69, 9.17) is 4.74 Å². The number of likely N-dealkylation sites (tertiary alicyclic amines) is 1. The van der Waals surface area contributed by atoms with Gasteiger partial charge in [-0.15, -0.1) is 0 Å². The molecule has 3 aliphatic rings. The summed E-state index contributed by atoms with van der Waals surface area (Å²) in [5.41, 5.74) is -0.138. The number of ether oxygens (including phenoxy) is 1. The Balaban J connectivity index is 1.54. The number of methoxy groups -OCH3 is 1. The molecule has 3 saturated heterocycles. The second-order valence-corrected chi connectivity index (χ2v) is 7.25. The lowest BCUT2D eigenvalue weighted by Gasteiger charge is -2.40. The van der Waals surface area contributed by atoms with Crippen molar-refractivity contribution in [1.82, 2.24) is 10.2 Å². The van der Waals surface area contributed by atoms with Crippen LogP contribution in [-0.4, -0.2) is 48.7 Å². The van der Waals surface area contributed by atoms with Gasteiger partial charge in [0.1, 0.15) is 0 Å². The first-order valence-electron chi connectivity index (χ1n) is 8.17. The molecule has 20 heavy (non-hydrogen) atoms. The molecular weight excluding hydrogens is 252 g/mol. The summed E-state index contributed by atoms with van der Waals surface area (Å²) < 4.78 is 5.59. The molecule has 3 heterocycles. The Morgan fingerprint density at radius 1 is 1.35 bits per heavy atom. The minimum absolute atomic E-state index is 0.138. The second-order valence-electron chi connectivity index (χ2n) is 7.25. The van der Waals surface area contributed by atoms with Crippen LogP contribution < -0.4 is 5.32 Å². The largest absolute Gasteiger partial charge is 0.377 e. The molecule has 4 heteroatoms. The molecule has 0 saturated carbocycles. The Morgan fingerprint density at radius 3 is 2.70 bits per heavy atom. The van der Waals surface area contributed by atoms with Crippen LogP contribution in [0.2, 0.25) is 0 Å². The van der Waals surface area contributed by atoms with Crippen molar-refractivity contribution in [2.45, 2.75) is 69.6 Å². The van der Waals surface area contributed by atoms with Gasteiger partial charge in [0, 0.05) is 38.7 Å². The summed E-state index contributed by atoms with van der Waals surface area (Å²) in [6.45, 7) is 3.80. The first kappa shape index (κ1) is 14.3. The van der Waals surface area contributed by atoms with Crippen LogP contribution in [0.1, 0.15) is 51.9 Å². The van der Waals surface area contributed by atoms with E-state index in [-0.39, 0.29) is 5.60 Å². The maximum Gasteiger partial charge on any atom is 0.222 e. The summed E-state index contributed by atoms with van der Waals surface area (Å²) in [4.78, 5) is 14.6. The van der Waals surface area contributed by atoms with E-state index in [9.17, 15) is 4.79 Å². The van der Waals surface area contributed by atoms with Crippen molar-refractivity contribution in [3.05, 3.63) is 0 Å². The van der Waals surface area contributed by atoms with Crippen molar-refractivity contribution in [3.8, 4) is 0 Å². The van der Waals surface area contributed by atoms with Crippen molar-refractivity contribution >= 4 is 5.91 Å². The van der Waals surface area contributed by atoms with Gasteiger partial charge in [-0.2, -0.15) is 0 Å². The number of piperidine rings is 2. The summed E-state index contributed by atoms with van der Waals surface area (Å²) in [5.74, 6) is 0.941. The quantitative estimate of drug-likeness (QED) is 0.859. The number of rotatable bonds is 3. The molecule has 3 aliphatic heterocycles. The maximum absolute atomic E-state index is 12.6. The number of nitrogens with zero attached hydrogens (tertiary/aromatic N) is 1. The molecule has 114 valence electrons. The van der Waals surface area contributed by atoms with Crippen molar-refractivity contribution in [3.63, 3.8) is 0 Å². The fourth-order valence-electron chi connectivity index (χ4n) is 4.30. The van der Waals surface area contributed by atoms with Gasteiger partial charge in [0.05, 0.1) is 5.60 Å². The molecule has 0 aliphatic carbocycles. The molecular formula is C16H28N2O2. The van der Waals surface area contributed by atoms with Gasteiger partial charge in [-0.25, -0.2) is 0 Å². The number of carbonyl (C=O) groups is 1. The molecule has 2 bridgehead atoms. The zero-order valence-electron chi connectivity index (χ0n) is 12.9. The number of nitrogens with one attached hydrogen (secondary N) is 1. The van der Waals surface area contributed by atoms with Crippen molar-refractivity contribution in [2.24, 2.45) is 5.92 Å². The highest BCUT2D eigenvalue weighted by molar-refractivity contribution is 5.76. The normalized spacial score (nSPS) is 40.9. The van der Waals surface area contributed by atoms with Gasteiger partial charge in [-0.05, 0) is 51.4 Å². The Bertz CT molecular complexity index is 361. The predicted octanol–water partition coefficient (Wildman–Crippen LogP) is 1.93. The van der Waals surface area contributed by atoms with Gasteiger partial charge in [0.25, 0.3) is 0 Å². The minimum atomic E-state index is -0.138. The highest BCUT2D eigenvalue weighted by Crippen LogP contribution is 2.33. The third kappa shape index (κ3) is 3.01. The summed E-state index contributed by atoms with van der Waals surface area (Å²) in [7, 11) is 1.76. The number of carbonyl (C=O) groups excluding carboxylic acids is 1. The lowest BCUT2D eigenvalue weighted by molar-refractivity contribution is -0.140. The van der Waals surface area contributed by atoms with E-state index in [1.165, 1.54) is 25.7 Å². The average Bonchev–Trinajstić information content (AvgIpc) is 2.78. The van der Waals surface area contributed by atoms with E-state index in [0.717, 1.165) is 32.4 Å². The molecule has 0 spiro atoms. The summed E-state index contributed by atoms with van der Waals surface area (Å²) >= 11 is 0. The maximum atomic E-state index is 12.6. The molecule has 3 rings (SSSR count). The van der Waals surface area contributed by atoms with Crippen molar-refractivity contribution < 1.29 is 9.53 Å². The smallest absolute Gasteiger partial charge is 0.222 e. The summed E-state index contributed by atoms with van der Waals surface area (Å²) in [6.07, 6.45) is 7.86. The van der Waals surface area contributed by atoms with Gasteiger partial charge in [-0.1, -0.05) is 0 Å². The van der Waals surface area contributed by atoms with Crippen LogP contribution in [0.5, 0.6) is 0 Å². The zero-order chi connectivity index (χ0) is 14.2. The van der Waals surface area contributed by atoms with Crippen LogP contribution >= 0.6 is 0 Å². The van der Waals surface area contributed by atoms with Crippen molar-refractivity contribution in [1.29, 1.82) is 0 Å². The van der Waals surface area contributed by atoms with Crippen LogP contribution in [0.25, 0.3) is 0 Å². The Morgan fingerprint density at radius 2 is 2.05 bits per heavy atom. The van der Waals surface area contributed by atoms with E-state index < -0.39 is 0 Å². The third-order valence-electron chi connectivity index (χ3n) is 5.54. The molecule has 3 atom stereocenters. The first-order chi connectivity index (χ1) is 9.58. The Labute approximate surface area is 122 Å². The lowest BCUT2D eigenvalue weighted by Crippen LogP contribution is -2.50. The fraction of sp³-hybridized carbons (Fsp3) is 0.938. The molecule has 1 N–H and O–H groups in total. The monoisotopic (exact) mass is 280 g/mol. The third-order valence-corrected chi connectivity index (χ3v) is 5.54. The van der Waals surface area contributed by atoms with E-state index >= 15 is 0 Å². The van der Waals surface area contributed by atoms with Gasteiger partial charge >= 0.3 is 0 Å². The molecule has 0 aromatic heterocycles. The van der Waals surface area contributed by atoms with Gasteiger partial charge in [-0.3, -0.25) is 4.79 Å². The highest BCUT2D eigenvalue weighted by Gasteiger charge is 2.37. The number of amides is 1. The van der Waals surface area contributed by atoms with Gasteiger partial charge < -0.3 is 15.0 Å². The van der Waals surface area contributed by atoms with Crippen molar-refractivity contribution in [2.75, 3.05) is 20.2 Å². The summed E-state index contributed by atoms with van der Waals surface area (Å²) in [6, 6.07) is 1.36. The number of fused-ring (bicyclic) bond motifs is 2.